The Balaban J connectivity index is 1.95. The molecule has 8 heteroatoms. The second-order valence-corrected chi connectivity index (χ2v) is 8.27. The smallest absolute Gasteiger partial charge is 0.253 e. The van der Waals surface area contributed by atoms with Crippen LogP contribution in [0.15, 0.2) is 24.3 Å². The van der Waals surface area contributed by atoms with E-state index in [4.69, 9.17) is 11.5 Å². The van der Waals surface area contributed by atoms with Crippen LogP contribution >= 0.6 is 0 Å². The van der Waals surface area contributed by atoms with Crippen molar-refractivity contribution in [3.05, 3.63) is 35.4 Å². The number of aryl methyl sites for hydroxylation is 1. The summed E-state index contributed by atoms with van der Waals surface area (Å²) in [7, 11) is 0. The van der Waals surface area contributed by atoms with Crippen LogP contribution in [0.4, 0.5) is 8.78 Å². The van der Waals surface area contributed by atoms with Crippen LogP contribution in [0.5, 0.6) is 0 Å². The van der Waals surface area contributed by atoms with E-state index in [0.717, 1.165) is 5.56 Å². The van der Waals surface area contributed by atoms with Gasteiger partial charge < -0.3 is 21.7 Å². The summed E-state index contributed by atoms with van der Waals surface area (Å²) in [4.78, 5) is 23.3. The van der Waals surface area contributed by atoms with Crippen molar-refractivity contribution in [1.29, 1.82) is 0 Å². The highest BCUT2D eigenvalue weighted by Crippen LogP contribution is 2.40. The van der Waals surface area contributed by atoms with Crippen LogP contribution < -0.4 is 11.5 Å². The molecule has 0 spiro atoms. The molecule has 0 heterocycles. The van der Waals surface area contributed by atoms with Gasteiger partial charge in [0.15, 0.2) is 5.60 Å². The molecule has 0 aliphatic heterocycles. The van der Waals surface area contributed by atoms with Gasteiger partial charge in [-0.25, -0.2) is 8.78 Å². The molecule has 1 aliphatic rings. The minimum Gasteiger partial charge on any atom is -0.393 e. The van der Waals surface area contributed by atoms with E-state index >= 15 is 0 Å². The molecule has 1 fully saturated rings. The Morgan fingerprint density at radius 1 is 1.28 bits per heavy atom. The molecule has 0 saturated heterocycles. The van der Waals surface area contributed by atoms with E-state index in [0.29, 0.717) is 18.4 Å². The van der Waals surface area contributed by atoms with Crippen LogP contribution in [-0.2, 0) is 21.6 Å². The summed E-state index contributed by atoms with van der Waals surface area (Å²) in [6.07, 6.45) is -0.00386. The maximum atomic E-state index is 13.4. The molecule has 3 unspecified atom stereocenters. The Hall–Kier alpha value is -2.06. The predicted octanol–water partition coefficient (Wildman–Crippen LogP) is 1.99. The molecule has 3 atom stereocenters. The highest BCUT2D eigenvalue weighted by molar-refractivity contribution is 5.84. The summed E-state index contributed by atoms with van der Waals surface area (Å²) in [5.74, 6) is -5.00. The number of amides is 2. The fraction of sp³-hybridized carbons (Fsp3) is 0.619. The highest BCUT2D eigenvalue weighted by atomic mass is 19.3. The molecule has 6 N–H and O–H groups in total. The first-order chi connectivity index (χ1) is 13.4. The molecular formula is C21H30F2N2O4. The van der Waals surface area contributed by atoms with Gasteiger partial charge in [0.1, 0.15) is 0 Å². The van der Waals surface area contributed by atoms with E-state index in [-0.39, 0.29) is 38.0 Å². The fourth-order valence-corrected chi connectivity index (χ4v) is 3.92. The fourth-order valence-electron chi connectivity index (χ4n) is 3.92. The van der Waals surface area contributed by atoms with Crippen LogP contribution in [0, 0.1) is 11.8 Å². The van der Waals surface area contributed by atoms with E-state index < -0.39 is 35.4 Å². The van der Waals surface area contributed by atoms with Gasteiger partial charge in [0.25, 0.3) is 5.91 Å². The minimum atomic E-state index is -2.69. The molecule has 2 rings (SSSR count). The Morgan fingerprint density at radius 3 is 2.45 bits per heavy atom. The Kier molecular flexibility index (Phi) is 7.35. The molecule has 2 amide bonds. The number of alkyl halides is 2. The third-order valence-electron chi connectivity index (χ3n) is 5.96. The number of carbonyl (C=O) groups excluding carboxylic acids is 2. The number of hydrogen-bond donors (Lipinski definition) is 4. The topological polar surface area (TPSA) is 127 Å². The van der Waals surface area contributed by atoms with Crippen molar-refractivity contribution in [2.24, 2.45) is 23.3 Å². The third kappa shape index (κ3) is 6.21. The summed E-state index contributed by atoms with van der Waals surface area (Å²) in [6.45, 7) is 1.31. The molecule has 1 aliphatic carbocycles. The molecule has 0 aromatic heterocycles. The van der Waals surface area contributed by atoms with Gasteiger partial charge in [-0.15, -0.1) is 0 Å². The van der Waals surface area contributed by atoms with Gasteiger partial charge in [0, 0.05) is 18.8 Å². The lowest BCUT2D eigenvalue weighted by Gasteiger charge is -2.33. The normalized spacial score (nSPS) is 21.1. The highest BCUT2D eigenvalue weighted by Gasteiger charge is 2.39. The molecule has 162 valence electrons. The quantitative estimate of drug-likeness (QED) is 0.495. The zero-order valence-corrected chi connectivity index (χ0v) is 16.6. The average molecular weight is 412 g/mol. The number of benzene rings is 1. The van der Waals surface area contributed by atoms with E-state index in [1.54, 1.807) is 24.3 Å². The average Bonchev–Trinajstić information content (AvgIpc) is 2.64. The van der Waals surface area contributed by atoms with Gasteiger partial charge in [0.05, 0.1) is 6.10 Å². The zero-order chi connectivity index (χ0) is 21.8. The van der Waals surface area contributed by atoms with E-state index in [1.807, 2.05) is 0 Å². The number of aliphatic hydroxyl groups is 2. The second kappa shape index (κ2) is 9.17. The van der Waals surface area contributed by atoms with Crippen LogP contribution in [0.25, 0.3) is 0 Å². The van der Waals surface area contributed by atoms with Gasteiger partial charge >= 0.3 is 0 Å². The molecule has 6 nitrogen and oxygen atoms in total. The van der Waals surface area contributed by atoms with Crippen molar-refractivity contribution in [2.45, 2.75) is 69.5 Å². The van der Waals surface area contributed by atoms with E-state index in [1.165, 1.54) is 6.92 Å². The standard InChI is InChI=1S/C21H30F2N2O4/c1-20(29,19(25)28)15-4-2-3-13(11-15)5-6-16(26)12-17(18(24)27)14-7-9-21(22,23)10-8-14/h2-4,11,14,16-17,26,29H,5-10,12H2,1H3,(H2,24,27)(H2,25,28). The molecule has 1 saturated carbocycles. The van der Waals surface area contributed by atoms with Crippen molar-refractivity contribution in [1.82, 2.24) is 0 Å². The van der Waals surface area contributed by atoms with Crippen molar-refractivity contribution in [2.75, 3.05) is 0 Å². The Labute approximate surface area is 169 Å². The number of rotatable bonds is 9. The number of hydrogen-bond acceptors (Lipinski definition) is 4. The number of carbonyl (C=O) groups is 2. The molecular weight excluding hydrogens is 382 g/mol. The summed E-state index contributed by atoms with van der Waals surface area (Å²) in [5.41, 5.74) is 10.1. The number of halogens is 2. The summed E-state index contributed by atoms with van der Waals surface area (Å²) in [5, 5.41) is 20.6. The summed E-state index contributed by atoms with van der Waals surface area (Å²) < 4.78 is 26.7. The van der Waals surface area contributed by atoms with Crippen molar-refractivity contribution >= 4 is 11.8 Å². The van der Waals surface area contributed by atoms with Crippen LogP contribution in [0.1, 0.15) is 56.6 Å². The Bertz CT molecular complexity index is 729. The third-order valence-corrected chi connectivity index (χ3v) is 5.96. The van der Waals surface area contributed by atoms with E-state index in [2.05, 4.69) is 0 Å². The van der Waals surface area contributed by atoms with Crippen molar-refractivity contribution < 1.29 is 28.6 Å². The second-order valence-electron chi connectivity index (χ2n) is 8.27. The van der Waals surface area contributed by atoms with Gasteiger partial charge in [-0.05, 0) is 56.1 Å². The SMILES string of the molecule is CC(O)(C(N)=O)c1cccc(CCC(O)CC(C(N)=O)C2CCC(F)(F)CC2)c1. The van der Waals surface area contributed by atoms with Crippen molar-refractivity contribution in [3.63, 3.8) is 0 Å². The van der Waals surface area contributed by atoms with Gasteiger partial charge in [-0.2, -0.15) is 0 Å². The number of aliphatic hydroxyl groups excluding tert-OH is 1. The van der Waals surface area contributed by atoms with Crippen molar-refractivity contribution in [3.8, 4) is 0 Å². The first-order valence-corrected chi connectivity index (χ1v) is 9.89. The molecule has 1 aromatic rings. The van der Waals surface area contributed by atoms with Crippen LogP contribution in [0.3, 0.4) is 0 Å². The largest absolute Gasteiger partial charge is 0.393 e. The van der Waals surface area contributed by atoms with Crippen LogP contribution in [-0.4, -0.2) is 34.1 Å². The van der Waals surface area contributed by atoms with Gasteiger partial charge in [0.2, 0.25) is 11.8 Å². The summed E-state index contributed by atoms with van der Waals surface area (Å²) in [6, 6.07) is 6.71. The first-order valence-electron chi connectivity index (χ1n) is 9.89. The lowest BCUT2D eigenvalue weighted by molar-refractivity contribution is -0.135. The van der Waals surface area contributed by atoms with Crippen LogP contribution in [0.2, 0.25) is 0 Å². The molecule has 0 bridgehead atoms. The van der Waals surface area contributed by atoms with Gasteiger partial charge in [-0.3, -0.25) is 9.59 Å². The maximum Gasteiger partial charge on any atom is 0.253 e. The number of primary amides is 2. The number of nitrogens with two attached hydrogens (primary N) is 2. The first kappa shape index (κ1) is 23.2. The predicted molar refractivity (Wildman–Crippen MR) is 104 cm³/mol. The molecule has 1 aromatic carbocycles. The molecule has 29 heavy (non-hydrogen) atoms. The zero-order valence-electron chi connectivity index (χ0n) is 16.6. The maximum absolute atomic E-state index is 13.4. The van der Waals surface area contributed by atoms with E-state index in [9.17, 15) is 28.6 Å². The summed E-state index contributed by atoms with van der Waals surface area (Å²) >= 11 is 0. The lowest BCUT2D eigenvalue weighted by atomic mass is 9.75. The Morgan fingerprint density at radius 2 is 1.90 bits per heavy atom. The monoisotopic (exact) mass is 412 g/mol. The molecule has 0 radical (unpaired) electrons. The minimum absolute atomic E-state index is 0.129. The van der Waals surface area contributed by atoms with Gasteiger partial charge in [-0.1, -0.05) is 24.3 Å². The lowest BCUT2D eigenvalue weighted by Crippen LogP contribution is -2.38.